The molecule has 6 nitrogen and oxygen atoms in total. The lowest BCUT2D eigenvalue weighted by atomic mass is 10.1. The van der Waals surface area contributed by atoms with Crippen LogP contribution in [-0.2, 0) is 6.61 Å². The van der Waals surface area contributed by atoms with Crippen LogP contribution < -0.4 is 10.3 Å². The number of rotatable bonds is 6. The van der Waals surface area contributed by atoms with Crippen molar-refractivity contribution in [1.29, 1.82) is 0 Å². The van der Waals surface area contributed by atoms with Gasteiger partial charge in [0.25, 0.3) is 5.56 Å². The zero-order valence-corrected chi connectivity index (χ0v) is 24.0. The van der Waals surface area contributed by atoms with Gasteiger partial charge in [-0.05, 0) is 85.6 Å². The van der Waals surface area contributed by atoms with Crippen LogP contribution in [0, 0.1) is 20.8 Å². The molecule has 0 saturated heterocycles. The van der Waals surface area contributed by atoms with Gasteiger partial charge in [-0.25, -0.2) is 4.98 Å². The molecule has 0 bridgehead atoms. The molecular formula is C33H27BrN4O2. The minimum absolute atomic E-state index is 0.201. The molecule has 0 unspecified atom stereocenters. The van der Waals surface area contributed by atoms with Crippen molar-refractivity contribution in [2.75, 3.05) is 0 Å². The molecule has 2 heterocycles. The Morgan fingerprint density at radius 2 is 1.68 bits per heavy atom. The first-order valence-electron chi connectivity index (χ1n) is 13.0. The Kier molecular flexibility index (Phi) is 6.82. The molecule has 0 aliphatic heterocycles. The summed E-state index contributed by atoms with van der Waals surface area (Å²) < 4.78 is 10.5. The highest BCUT2D eigenvalue weighted by molar-refractivity contribution is 9.10. The minimum atomic E-state index is -0.201. The molecule has 2 aromatic heterocycles. The lowest BCUT2D eigenvalue weighted by Gasteiger charge is -2.12. The molecule has 0 spiro atoms. The first kappa shape index (κ1) is 25.8. The standard InChI is InChI=1S/C33H27BrN4O2/c1-21-17-26(19-35-38-23(3)36-32-16-11-27(34)18-31(32)33(38)39)22(2)37(21)28-12-14-29(15-13-28)40-20-25-9-6-8-24-7-4-5-10-30(24)25/h4-19H,20H2,1-3H3. The van der Waals surface area contributed by atoms with Gasteiger partial charge in [0.05, 0.1) is 17.1 Å². The number of hydrogen-bond donors (Lipinski definition) is 0. The van der Waals surface area contributed by atoms with Crippen molar-refractivity contribution in [3.05, 3.63) is 134 Å². The maximum atomic E-state index is 13.1. The topological polar surface area (TPSA) is 61.4 Å². The fraction of sp³-hybridized carbons (Fsp3) is 0.121. The molecule has 4 aromatic carbocycles. The van der Waals surface area contributed by atoms with Gasteiger partial charge in [-0.1, -0.05) is 58.4 Å². The molecule has 0 aliphatic carbocycles. The summed E-state index contributed by atoms with van der Waals surface area (Å²) in [5.41, 5.74) is 5.65. The number of nitrogens with zero attached hydrogens (tertiary/aromatic N) is 4. The van der Waals surface area contributed by atoms with E-state index >= 15 is 0 Å². The smallest absolute Gasteiger partial charge is 0.282 e. The Labute approximate surface area is 240 Å². The zero-order chi connectivity index (χ0) is 27.8. The van der Waals surface area contributed by atoms with Crippen LogP contribution in [0.2, 0.25) is 0 Å². The average molecular weight is 592 g/mol. The number of aromatic nitrogens is 3. The van der Waals surface area contributed by atoms with Crippen molar-refractivity contribution in [2.24, 2.45) is 5.10 Å². The first-order valence-corrected chi connectivity index (χ1v) is 13.8. The third-order valence-electron chi connectivity index (χ3n) is 7.12. The molecule has 0 radical (unpaired) electrons. The summed E-state index contributed by atoms with van der Waals surface area (Å²) in [5.74, 6) is 1.34. The molecule has 6 rings (SSSR count). The number of fused-ring (bicyclic) bond motifs is 2. The van der Waals surface area contributed by atoms with E-state index in [4.69, 9.17) is 4.74 Å². The minimum Gasteiger partial charge on any atom is -0.489 e. The molecule has 40 heavy (non-hydrogen) atoms. The molecule has 0 N–H and O–H groups in total. The summed E-state index contributed by atoms with van der Waals surface area (Å²) in [5, 5.41) is 7.46. The second-order valence-corrected chi connectivity index (χ2v) is 10.7. The molecule has 0 saturated carbocycles. The fourth-order valence-electron chi connectivity index (χ4n) is 5.10. The second kappa shape index (κ2) is 10.6. The van der Waals surface area contributed by atoms with E-state index in [1.54, 1.807) is 19.2 Å². The second-order valence-electron chi connectivity index (χ2n) is 9.76. The number of halogens is 1. The van der Waals surface area contributed by atoms with Gasteiger partial charge >= 0.3 is 0 Å². The number of aryl methyl sites for hydroxylation is 2. The maximum Gasteiger partial charge on any atom is 0.282 e. The van der Waals surface area contributed by atoms with Crippen LogP contribution in [0.5, 0.6) is 5.75 Å². The van der Waals surface area contributed by atoms with Crippen molar-refractivity contribution >= 4 is 43.8 Å². The molecule has 7 heteroatoms. The van der Waals surface area contributed by atoms with E-state index in [1.165, 1.54) is 15.4 Å². The van der Waals surface area contributed by atoms with Crippen LogP contribution in [0.3, 0.4) is 0 Å². The largest absolute Gasteiger partial charge is 0.489 e. The van der Waals surface area contributed by atoms with Crippen molar-refractivity contribution in [3.63, 3.8) is 0 Å². The number of hydrogen-bond acceptors (Lipinski definition) is 4. The van der Waals surface area contributed by atoms with Gasteiger partial charge < -0.3 is 9.30 Å². The van der Waals surface area contributed by atoms with E-state index in [0.29, 0.717) is 23.3 Å². The van der Waals surface area contributed by atoms with Gasteiger partial charge in [0.2, 0.25) is 0 Å². The fourth-order valence-corrected chi connectivity index (χ4v) is 5.46. The monoisotopic (exact) mass is 590 g/mol. The zero-order valence-electron chi connectivity index (χ0n) is 22.4. The third kappa shape index (κ3) is 4.84. The van der Waals surface area contributed by atoms with Gasteiger partial charge in [-0.2, -0.15) is 9.78 Å². The van der Waals surface area contributed by atoms with Crippen LogP contribution in [0.4, 0.5) is 0 Å². The molecule has 6 aromatic rings. The molecule has 0 amide bonds. The Hall–Kier alpha value is -4.49. The van der Waals surface area contributed by atoms with E-state index in [-0.39, 0.29) is 5.56 Å². The highest BCUT2D eigenvalue weighted by Gasteiger charge is 2.12. The summed E-state index contributed by atoms with van der Waals surface area (Å²) >= 11 is 3.44. The van der Waals surface area contributed by atoms with Gasteiger partial charge in [0.1, 0.15) is 18.2 Å². The van der Waals surface area contributed by atoms with E-state index in [0.717, 1.165) is 38.4 Å². The summed E-state index contributed by atoms with van der Waals surface area (Å²) in [6.45, 7) is 6.39. The molecule has 0 aliphatic rings. The summed E-state index contributed by atoms with van der Waals surface area (Å²) in [4.78, 5) is 17.7. The van der Waals surface area contributed by atoms with Crippen LogP contribution >= 0.6 is 15.9 Å². The predicted molar refractivity (Wildman–Crippen MR) is 165 cm³/mol. The normalized spacial score (nSPS) is 11.6. The highest BCUT2D eigenvalue weighted by atomic mass is 79.9. The predicted octanol–water partition coefficient (Wildman–Crippen LogP) is 7.49. The van der Waals surface area contributed by atoms with Crippen molar-refractivity contribution in [1.82, 2.24) is 14.2 Å². The third-order valence-corrected chi connectivity index (χ3v) is 7.62. The lowest BCUT2D eigenvalue weighted by Crippen LogP contribution is -2.20. The molecular weight excluding hydrogens is 564 g/mol. The first-order chi connectivity index (χ1) is 19.4. The SMILES string of the molecule is Cc1cc(C=Nn2c(C)nc3ccc(Br)cc3c2=O)c(C)n1-c1ccc(OCc2cccc3ccccc23)cc1. The number of benzene rings is 4. The van der Waals surface area contributed by atoms with Gasteiger partial charge in [0, 0.05) is 27.1 Å². The van der Waals surface area contributed by atoms with Crippen LogP contribution in [0.25, 0.3) is 27.4 Å². The summed E-state index contributed by atoms with van der Waals surface area (Å²) in [6.07, 6.45) is 1.72. The summed E-state index contributed by atoms with van der Waals surface area (Å²) in [6, 6.07) is 30.3. The Balaban J connectivity index is 1.24. The van der Waals surface area contributed by atoms with E-state index in [9.17, 15) is 4.79 Å². The number of ether oxygens (including phenoxy) is 1. The van der Waals surface area contributed by atoms with E-state index < -0.39 is 0 Å². The van der Waals surface area contributed by atoms with Crippen molar-refractivity contribution in [3.8, 4) is 11.4 Å². The highest BCUT2D eigenvalue weighted by Crippen LogP contribution is 2.24. The van der Waals surface area contributed by atoms with Crippen LogP contribution in [0.1, 0.15) is 28.3 Å². The van der Waals surface area contributed by atoms with E-state index in [2.05, 4.69) is 98.2 Å². The quantitative estimate of drug-likeness (QED) is 0.189. The molecule has 198 valence electrons. The van der Waals surface area contributed by atoms with Crippen LogP contribution in [0.15, 0.2) is 105 Å². The van der Waals surface area contributed by atoms with Gasteiger partial charge in [-0.3, -0.25) is 4.79 Å². The molecule has 0 fully saturated rings. The van der Waals surface area contributed by atoms with Crippen molar-refractivity contribution in [2.45, 2.75) is 27.4 Å². The summed E-state index contributed by atoms with van der Waals surface area (Å²) in [7, 11) is 0. The van der Waals surface area contributed by atoms with Crippen molar-refractivity contribution < 1.29 is 4.74 Å². The molecule has 0 atom stereocenters. The Morgan fingerprint density at radius 1 is 0.900 bits per heavy atom. The average Bonchev–Trinajstić information content (AvgIpc) is 3.25. The Morgan fingerprint density at radius 3 is 2.50 bits per heavy atom. The van der Waals surface area contributed by atoms with Crippen LogP contribution in [-0.4, -0.2) is 20.4 Å². The van der Waals surface area contributed by atoms with Gasteiger partial charge in [-0.15, -0.1) is 0 Å². The maximum absolute atomic E-state index is 13.1. The Bertz CT molecular complexity index is 1960. The lowest BCUT2D eigenvalue weighted by molar-refractivity contribution is 0.307. The van der Waals surface area contributed by atoms with E-state index in [1.807, 2.05) is 31.2 Å². The van der Waals surface area contributed by atoms with Gasteiger partial charge in [0.15, 0.2) is 0 Å².